The summed E-state index contributed by atoms with van der Waals surface area (Å²) in [6.45, 7) is 5.37. The van der Waals surface area contributed by atoms with Gasteiger partial charge in [-0.2, -0.15) is 0 Å². The number of carboxylic acids is 1. The largest absolute Gasteiger partial charge is 0.480 e. The Labute approximate surface area is 109 Å². The third-order valence-corrected chi connectivity index (χ3v) is 4.74. The first kappa shape index (κ1) is 13.8. The van der Waals surface area contributed by atoms with Gasteiger partial charge in [0.2, 0.25) is 0 Å². The van der Waals surface area contributed by atoms with E-state index >= 15 is 0 Å². The van der Waals surface area contributed by atoms with Gasteiger partial charge in [-0.15, -0.1) is 0 Å². The number of carboxylic acid groups (broad SMARTS) is 1. The first-order valence-corrected chi connectivity index (χ1v) is 7.13. The Bertz CT molecular complexity index is 318. The number of hydrogen-bond acceptors (Lipinski definition) is 3. The summed E-state index contributed by atoms with van der Waals surface area (Å²) in [4.78, 5) is 13.4. The van der Waals surface area contributed by atoms with Crippen LogP contribution in [0.25, 0.3) is 0 Å². The van der Waals surface area contributed by atoms with E-state index in [9.17, 15) is 15.0 Å². The first-order chi connectivity index (χ1) is 8.44. The maximum Gasteiger partial charge on any atom is 0.321 e. The topological polar surface area (TPSA) is 60.8 Å². The van der Waals surface area contributed by atoms with E-state index in [1.165, 1.54) is 6.42 Å². The SMILES string of the molecule is CC(C)C(C(=O)O)N1CCC2(O)CCCCC2C1. The predicted octanol–water partition coefficient (Wildman–Crippen LogP) is 1.72. The fraction of sp³-hybridized carbons (Fsp3) is 0.929. The third-order valence-electron chi connectivity index (χ3n) is 4.74. The fourth-order valence-electron chi connectivity index (χ4n) is 3.71. The molecule has 0 spiro atoms. The van der Waals surface area contributed by atoms with E-state index in [1.54, 1.807) is 0 Å². The summed E-state index contributed by atoms with van der Waals surface area (Å²) in [7, 11) is 0. The highest BCUT2D eigenvalue weighted by Gasteiger charge is 2.45. The summed E-state index contributed by atoms with van der Waals surface area (Å²) >= 11 is 0. The van der Waals surface area contributed by atoms with E-state index in [0.717, 1.165) is 32.2 Å². The highest BCUT2D eigenvalue weighted by Crippen LogP contribution is 2.40. The second-order valence-corrected chi connectivity index (χ2v) is 6.32. The molecule has 2 fully saturated rings. The fourth-order valence-corrected chi connectivity index (χ4v) is 3.71. The molecule has 2 aliphatic rings. The predicted molar refractivity (Wildman–Crippen MR) is 69.4 cm³/mol. The van der Waals surface area contributed by atoms with Crippen molar-refractivity contribution in [1.29, 1.82) is 0 Å². The van der Waals surface area contributed by atoms with Crippen molar-refractivity contribution < 1.29 is 15.0 Å². The molecule has 0 amide bonds. The average molecular weight is 255 g/mol. The molecule has 1 aliphatic carbocycles. The minimum Gasteiger partial charge on any atom is -0.480 e. The Morgan fingerprint density at radius 3 is 2.67 bits per heavy atom. The number of carbonyl (C=O) groups is 1. The molecule has 4 nitrogen and oxygen atoms in total. The number of hydrogen-bond donors (Lipinski definition) is 2. The van der Waals surface area contributed by atoms with Crippen molar-refractivity contribution in [1.82, 2.24) is 4.90 Å². The summed E-state index contributed by atoms with van der Waals surface area (Å²) in [6.07, 6.45) is 4.94. The molecule has 1 aliphatic heterocycles. The van der Waals surface area contributed by atoms with Crippen LogP contribution in [0, 0.1) is 11.8 Å². The molecule has 1 heterocycles. The molecule has 0 bridgehead atoms. The zero-order valence-electron chi connectivity index (χ0n) is 11.4. The summed E-state index contributed by atoms with van der Waals surface area (Å²) in [5.74, 6) is -0.357. The van der Waals surface area contributed by atoms with Crippen LogP contribution >= 0.6 is 0 Å². The summed E-state index contributed by atoms with van der Waals surface area (Å²) < 4.78 is 0. The van der Waals surface area contributed by atoms with E-state index in [-0.39, 0.29) is 11.8 Å². The molecular weight excluding hydrogens is 230 g/mol. The van der Waals surface area contributed by atoms with Crippen LogP contribution in [0.1, 0.15) is 46.0 Å². The molecule has 4 heteroatoms. The smallest absolute Gasteiger partial charge is 0.321 e. The zero-order valence-corrected chi connectivity index (χ0v) is 11.4. The summed E-state index contributed by atoms with van der Waals surface area (Å²) in [6, 6.07) is -0.406. The van der Waals surface area contributed by atoms with Crippen LogP contribution in [0.4, 0.5) is 0 Å². The quantitative estimate of drug-likeness (QED) is 0.806. The van der Waals surface area contributed by atoms with Crippen LogP contribution in [0.15, 0.2) is 0 Å². The van der Waals surface area contributed by atoms with Crippen molar-refractivity contribution in [3.8, 4) is 0 Å². The number of piperidine rings is 1. The number of rotatable bonds is 3. The number of aliphatic carboxylic acids is 1. The van der Waals surface area contributed by atoms with Gasteiger partial charge in [0.25, 0.3) is 0 Å². The lowest BCUT2D eigenvalue weighted by atomic mass is 9.71. The minimum atomic E-state index is -0.730. The van der Waals surface area contributed by atoms with Gasteiger partial charge in [0.05, 0.1) is 5.60 Å². The van der Waals surface area contributed by atoms with Crippen LogP contribution in [0.2, 0.25) is 0 Å². The minimum absolute atomic E-state index is 0.109. The van der Waals surface area contributed by atoms with Gasteiger partial charge in [0, 0.05) is 19.0 Å². The molecule has 0 aromatic rings. The Balaban J connectivity index is 2.07. The first-order valence-electron chi connectivity index (χ1n) is 7.13. The van der Waals surface area contributed by atoms with Crippen molar-refractivity contribution in [2.75, 3.05) is 13.1 Å². The van der Waals surface area contributed by atoms with Crippen molar-refractivity contribution in [3.05, 3.63) is 0 Å². The van der Waals surface area contributed by atoms with E-state index < -0.39 is 17.6 Å². The third kappa shape index (κ3) is 2.54. The number of nitrogens with zero attached hydrogens (tertiary/aromatic N) is 1. The lowest BCUT2D eigenvalue weighted by Crippen LogP contribution is -2.58. The lowest BCUT2D eigenvalue weighted by Gasteiger charge is -2.49. The van der Waals surface area contributed by atoms with Crippen LogP contribution < -0.4 is 0 Å². The van der Waals surface area contributed by atoms with Crippen molar-refractivity contribution in [2.24, 2.45) is 11.8 Å². The molecule has 2 rings (SSSR count). The second-order valence-electron chi connectivity index (χ2n) is 6.32. The molecule has 0 aromatic heterocycles. The molecule has 0 aromatic carbocycles. The number of likely N-dealkylation sites (tertiary alicyclic amines) is 1. The normalized spacial score (nSPS) is 35.2. The van der Waals surface area contributed by atoms with E-state index in [1.807, 2.05) is 13.8 Å². The van der Waals surface area contributed by atoms with E-state index in [4.69, 9.17) is 0 Å². The molecule has 1 saturated carbocycles. The molecule has 0 radical (unpaired) electrons. The van der Waals surface area contributed by atoms with Gasteiger partial charge in [-0.25, -0.2) is 0 Å². The Morgan fingerprint density at radius 2 is 2.06 bits per heavy atom. The molecule has 1 saturated heterocycles. The van der Waals surface area contributed by atoms with E-state index in [0.29, 0.717) is 6.54 Å². The van der Waals surface area contributed by atoms with Crippen LogP contribution in [0.5, 0.6) is 0 Å². The van der Waals surface area contributed by atoms with Gasteiger partial charge in [-0.3, -0.25) is 9.69 Å². The Kier molecular flexibility index (Phi) is 3.97. The van der Waals surface area contributed by atoms with Crippen LogP contribution in [-0.4, -0.2) is 45.8 Å². The molecule has 3 unspecified atom stereocenters. The lowest BCUT2D eigenvalue weighted by molar-refractivity contribution is -0.152. The summed E-state index contributed by atoms with van der Waals surface area (Å²) in [5, 5.41) is 19.9. The van der Waals surface area contributed by atoms with Crippen LogP contribution in [-0.2, 0) is 4.79 Å². The van der Waals surface area contributed by atoms with Gasteiger partial charge in [0.1, 0.15) is 6.04 Å². The highest BCUT2D eigenvalue weighted by molar-refractivity contribution is 5.73. The monoisotopic (exact) mass is 255 g/mol. The standard InChI is InChI=1S/C14H25NO3/c1-10(2)12(13(16)17)15-8-7-14(18)6-4-3-5-11(14)9-15/h10-12,18H,3-9H2,1-2H3,(H,16,17). The van der Waals surface area contributed by atoms with Gasteiger partial charge in [-0.1, -0.05) is 26.7 Å². The molecule has 3 atom stereocenters. The maximum absolute atomic E-state index is 11.4. The van der Waals surface area contributed by atoms with Gasteiger partial charge < -0.3 is 10.2 Å². The van der Waals surface area contributed by atoms with E-state index in [2.05, 4.69) is 4.90 Å². The molecular formula is C14H25NO3. The Morgan fingerprint density at radius 1 is 1.33 bits per heavy atom. The van der Waals surface area contributed by atoms with Crippen molar-refractivity contribution in [2.45, 2.75) is 57.6 Å². The maximum atomic E-state index is 11.4. The van der Waals surface area contributed by atoms with Gasteiger partial charge >= 0.3 is 5.97 Å². The molecule has 18 heavy (non-hydrogen) atoms. The Hall–Kier alpha value is -0.610. The summed E-state index contributed by atoms with van der Waals surface area (Å²) in [5.41, 5.74) is -0.519. The molecule has 104 valence electrons. The van der Waals surface area contributed by atoms with Crippen molar-refractivity contribution >= 4 is 5.97 Å². The average Bonchev–Trinajstić information content (AvgIpc) is 2.28. The second kappa shape index (κ2) is 5.17. The van der Waals surface area contributed by atoms with Crippen molar-refractivity contribution in [3.63, 3.8) is 0 Å². The van der Waals surface area contributed by atoms with Crippen LogP contribution in [0.3, 0.4) is 0 Å². The van der Waals surface area contributed by atoms with Gasteiger partial charge in [-0.05, 0) is 25.2 Å². The molecule has 2 N–H and O–H groups in total. The van der Waals surface area contributed by atoms with Gasteiger partial charge in [0.15, 0.2) is 0 Å². The number of aliphatic hydroxyl groups is 1. The number of fused-ring (bicyclic) bond motifs is 1. The zero-order chi connectivity index (χ0) is 13.3. The highest BCUT2D eigenvalue weighted by atomic mass is 16.4.